The molecule has 1 fully saturated rings. The van der Waals surface area contributed by atoms with Crippen LogP contribution >= 0.6 is 11.3 Å². The third kappa shape index (κ3) is 2.76. The van der Waals surface area contributed by atoms with Gasteiger partial charge in [0, 0.05) is 26.2 Å². The van der Waals surface area contributed by atoms with E-state index < -0.39 is 10.0 Å². The van der Waals surface area contributed by atoms with Crippen LogP contribution in [0.1, 0.15) is 9.80 Å². The zero-order valence-electron chi connectivity index (χ0n) is 9.74. The van der Waals surface area contributed by atoms with E-state index in [1.54, 1.807) is 4.90 Å². The predicted octanol–water partition coefficient (Wildman–Crippen LogP) is -1.16. The molecule has 0 aliphatic carbocycles. The van der Waals surface area contributed by atoms with Crippen LogP contribution in [-0.2, 0) is 10.0 Å². The maximum absolute atomic E-state index is 12.0. The van der Waals surface area contributed by atoms with Crippen molar-refractivity contribution in [2.24, 2.45) is 0 Å². The van der Waals surface area contributed by atoms with Gasteiger partial charge in [-0.1, -0.05) is 11.3 Å². The van der Waals surface area contributed by atoms with Gasteiger partial charge >= 0.3 is 0 Å². The Balaban J connectivity index is 2.00. The molecule has 2 heterocycles. The van der Waals surface area contributed by atoms with E-state index in [4.69, 9.17) is 5.73 Å². The van der Waals surface area contributed by atoms with Gasteiger partial charge in [-0.2, -0.15) is 4.31 Å². The highest BCUT2D eigenvalue weighted by molar-refractivity contribution is 7.88. The molecule has 0 atom stereocenters. The van der Waals surface area contributed by atoms with Gasteiger partial charge in [-0.25, -0.2) is 8.42 Å². The third-order valence-corrected chi connectivity index (χ3v) is 4.66. The van der Waals surface area contributed by atoms with Gasteiger partial charge in [0.05, 0.1) is 6.26 Å². The lowest BCUT2D eigenvalue weighted by Gasteiger charge is -2.32. The molecule has 1 aromatic heterocycles. The molecule has 0 bridgehead atoms. The Morgan fingerprint density at radius 1 is 1.28 bits per heavy atom. The molecule has 8 nitrogen and oxygen atoms in total. The SMILES string of the molecule is CS(=O)(=O)N1CCN(C(=O)c2nnc(N)s2)CC1. The zero-order chi connectivity index (χ0) is 13.3. The molecule has 2 rings (SSSR count). The lowest BCUT2D eigenvalue weighted by Crippen LogP contribution is -2.50. The minimum atomic E-state index is -3.19. The molecule has 0 aromatic carbocycles. The van der Waals surface area contributed by atoms with Gasteiger partial charge in [0.15, 0.2) is 0 Å². The van der Waals surface area contributed by atoms with Crippen molar-refractivity contribution in [3.63, 3.8) is 0 Å². The summed E-state index contributed by atoms with van der Waals surface area (Å²) in [6.07, 6.45) is 1.16. The third-order valence-electron chi connectivity index (χ3n) is 2.62. The maximum atomic E-state index is 12.0. The van der Waals surface area contributed by atoms with Crippen LogP contribution in [0.4, 0.5) is 5.13 Å². The molecule has 100 valence electrons. The van der Waals surface area contributed by atoms with Gasteiger partial charge < -0.3 is 10.6 Å². The second-order valence-corrected chi connectivity index (χ2v) is 6.89. The average Bonchev–Trinajstić information content (AvgIpc) is 2.74. The Bertz CT molecular complexity index is 547. The Morgan fingerprint density at radius 2 is 1.89 bits per heavy atom. The lowest BCUT2D eigenvalue weighted by molar-refractivity contribution is 0.0697. The van der Waals surface area contributed by atoms with Crippen molar-refractivity contribution in [1.82, 2.24) is 19.4 Å². The fraction of sp³-hybridized carbons (Fsp3) is 0.625. The maximum Gasteiger partial charge on any atom is 0.284 e. The van der Waals surface area contributed by atoms with E-state index in [1.165, 1.54) is 4.31 Å². The first-order valence-corrected chi connectivity index (χ1v) is 7.88. The van der Waals surface area contributed by atoms with Crippen LogP contribution in [0, 0.1) is 0 Å². The Labute approximate surface area is 108 Å². The number of sulfonamides is 1. The summed E-state index contributed by atoms with van der Waals surface area (Å²) in [7, 11) is -3.19. The van der Waals surface area contributed by atoms with Crippen LogP contribution in [0.15, 0.2) is 0 Å². The van der Waals surface area contributed by atoms with Crippen molar-refractivity contribution >= 4 is 32.4 Å². The number of carbonyl (C=O) groups is 1. The highest BCUT2D eigenvalue weighted by atomic mass is 32.2. The Hall–Kier alpha value is -1.26. The predicted molar refractivity (Wildman–Crippen MR) is 66.6 cm³/mol. The summed E-state index contributed by atoms with van der Waals surface area (Å²) in [6, 6.07) is 0. The van der Waals surface area contributed by atoms with E-state index in [1.807, 2.05) is 0 Å². The average molecular weight is 291 g/mol. The fourth-order valence-corrected chi connectivity index (χ4v) is 3.08. The summed E-state index contributed by atoms with van der Waals surface area (Å²) in [5.41, 5.74) is 5.41. The number of aromatic nitrogens is 2. The van der Waals surface area contributed by atoms with Gasteiger partial charge in [0.25, 0.3) is 5.91 Å². The number of nitrogens with two attached hydrogens (primary N) is 1. The van der Waals surface area contributed by atoms with E-state index >= 15 is 0 Å². The van der Waals surface area contributed by atoms with Crippen LogP contribution in [0.5, 0.6) is 0 Å². The number of hydrogen-bond donors (Lipinski definition) is 1. The summed E-state index contributed by atoms with van der Waals surface area (Å²) in [5, 5.41) is 7.74. The molecule has 0 unspecified atom stereocenters. The van der Waals surface area contributed by atoms with Crippen molar-refractivity contribution in [1.29, 1.82) is 0 Å². The smallest absolute Gasteiger partial charge is 0.284 e. The van der Waals surface area contributed by atoms with Crippen LogP contribution < -0.4 is 5.73 Å². The van der Waals surface area contributed by atoms with E-state index in [2.05, 4.69) is 10.2 Å². The molecule has 1 aliphatic heterocycles. The number of nitrogens with zero attached hydrogens (tertiary/aromatic N) is 4. The number of rotatable bonds is 2. The van der Waals surface area contributed by atoms with Gasteiger partial charge in [0.1, 0.15) is 0 Å². The highest BCUT2D eigenvalue weighted by Crippen LogP contribution is 2.15. The first-order chi connectivity index (χ1) is 8.38. The number of piperazine rings is 1. The fourth-order valence-electron chi connectivity index (χ4n) is 1.68. The highest BCUT2D eigenvalue weighted by Gasteiger charge is 2.28. The van der Waals surface area contributed by atoms with E-state index in [-0.39, 0.29) is 16.0 Å². The minimum absolute atomic E-state index is 0.236. The number of nitrogen functional groups attached to an aromatic ring is 1. The molecule has 1 amide bonds. The molecule has 1 aliphatic rings. The summed E-state index contributed by atoms with van der Waals surface area (Å²) < 4.78 is 24.0. The number of amides is 1. The number of anilines is 1. The number of carbonyl (C=O) groups excluding carboxylic acids is 1. The van der Waals surface area contributed by atoms with Gasteiger partial charge in [-0.3, -0.25) is 4.79 Å². The first-order valence-electron chi connectivity index (χ1n) is 5.21. The van der Waals surface area contributed by atoms with Gasteiger partial charge in [0.2, 0.25) is 20.2 Å². The number of hydrogen-bond acceptors (Lipinski definition) is 7. The van der Waals surface area contributed by atoms with Crippen molar-refractivity contribution in [3.8, 4) is 0 Å². The normalized spacial score (nSPS) is 17.9. The second-order valence-electron chi connectivity index (χ2n) is 3.90. The standard InChI is InChI=1S/C8H13N5O3S2/c1-18(15,16)13-4-2-12(3-5-13)7(14)6-10-11-8(9)17-6/h2-5H2,1H3,(H2,9,11). The molecule has 0 saturated carbocycles. The molecule has 0 spiro atoms. The quantitative estimate of drug-likeness (QED) is 0.736. The summed E-state index contributed by atoms with van der Waals surface area (Å²) in [4.78, 5) is 13.5. The summed E-state index contributed by atoms with van der Waals surface area (Å²) >= 11 is 1.03. The molecule has 1 saturated heterocycles. The van der Waals surface area contributed by atoms with Crippen LogP contribution in [0.25, 0.3) is 0 Å². The Morgan fingerprint density at radius 3 is 2.33 bits per heavy atom. The van der Waals surface area contributed by atoms with Crippen LogP contribution in [0.3, 0.4) is 0 Å². The largest absolute Gasteiger partial charge is 0.374 e. The molecule has 0 radical (unpaired) electrons. The minimum Gasteiger partial charge on any atom is -0.374 e. The van der Waals surface area contributed by atoms with Gasteiger partial charge in [-0.05, 0) is 0 Å². The monoisotopic (exact) mass is 291 g/mol. The van der Waals surface area contributed by atoms with Crippen LogP contribution in [-0.4, -0.2) is 66.2 Å². The van der Waals surface area contributed by atoms with Crippen molar-refractivity contribution in [2.45, 2.75) is 0 Å². The Kier molecular flexibility index (Phi) is 3.50. The second kappa shape index (κ2) is 4.78. The topological polar surface area (TPSA) is 109 Å². The van der Waals surface area contributed by atoms with Gasteiger partial charge in [-0.15, -0.1) is 10.2 Å². The molecular weight excluding hydrogens is 278 g/mol. The van der Waals surface area contributed by atoms with Crippen molar-refractivity contribution < 1.29 is 13.2 Å². The van der Waals surface area contributed by atoms with E-state index in [0.717, 1.165) is 17.6 Å². The molecule has 10 heteroatoms. The van der Waals surface area contributed by atoms with E-state index in [9.17, 15) is 13.2 Å². The van der Waals surface area contributed by atoms with Crippen molar-refractivity contribution in [3.05, 3.63) is 5.01 Å². The summed E-state index contributed by atoms with van der Waals surface area (Å²) in [5.74, 6) is -0.252. The molecule has 1 aromatic rings. The molecule has 18 heavy (non-hydrogen) atoms. The summed E-state index contributed by atoms with van der Waals surface area (Å²) in [6.45, 7) is 1.31. The lowest BCUT2D eigenvalue weighted by atomic mass is 10.3. The first kappa shape index (κ1) is 13.2. The van der Waals surface area contributed by atoms with E-state index in [0.29, 0.717) is 26.2 Å². The zero-order valence-corrected chi connectivity index (χ0v) is 11.4. The van der Waals surface area contributed by atoms with Crippen molar-refractivity contribution in [2.75, 3.05) is 38.2 Å². The molecule has 2 N–H and O–H groups in total. The molecular formula is C8H13N5O3S2. The van der Waals surface area contributed by atoms with Crippen LogP contribution in [0.2, 0.25) is 0 Å².